The third kappa shape index (κ3) is 3.44. The summed E-state index contributed by atoms with van der Waals surface area (Å²) in [4.78, 5) is 8.92. The van der Waals surface area contributed by atoms with Crippen LogP contribution < -0.4 is 5.32 Å². The molecule has 1 N–H and O–H groups in total. The van der Waals surface area contributed by atoms with Crippen molar-refractivity contribution in [3.05, 3.63) is 90.5 Å². The van der Waals surface area contributed by atoms with E-state index in [1.165, 1.54) is 18.2 Å². The first-order chi connectivity index (χ1) is 15.0. The fourth-order valence-corrected chi connectivity index (χ4v) is 3.68. The van der Waals surface area contributed by atoms with Crippen molar-refractivity contribution in [1.82, 2.24) is 19.1 Å². The Morgan fingerprint density at radius 1 is 0.968 bits per heavy atom. The molecule has 0 saturated carbocycles. The highest BCUT2D eigenvalue weighted by Crippen LogP contribution is 2.31. The number of rotatable bonds is 4. The number of benzene rings is 3. The Morgan fingerprint density at radius 3 is 2.48 bits per heavy atom. The van der Waals surface area contributed by atoms with Crippen LogP contribution in [0, 0.1) is 18.6 Å². The van der Waals surface area contributed by atoms with Crippen molar-refractivity contribution in [1.29, 1.82) is 0 Å². The van der Waals surface area contributed by atoms with Crippen molar-refractivity contribution in [3.8, 4) is 17.1 Å². The highest BCUT2D eigenvalue weighted by atomic mass is 19.1. The zero-order chi connectivity index (χ0) is 21.5. The minimum Gasteiger partial charge on any atom is -0.354 e. The molecule has 0 aliphatic heterocycles. The number of imidazole rings is 2. The number of halogens is 2. The highest BCUT2D eigenvalue weighted by Gasteiger charge is 2.14. The molecule has 0 fully saturated rings. The van der Waals surface area contributed by atoms with E-state index in [0.717, 1.165) is 33.8 Å². The fourth-order valence-electron chi connectivity index (χ4n) is 3.68. The number of para-hydroxylation sites is 1. The topological polar surface area (TPSA) is 47.7 Å². The molecule has 0 radical (unpaired) electrons. The van der Waals surface area contributed by atoms with Crippen LogP contribution in [-0.4, -0.2) is 19.1 Å². The van der Waals surface area contributed by atoms with E-state index in [0.29, 0.717) is 11.4 Å². The SMILES string of the molecule is Cc1cn(-c2ccc(Nc3cccc4c3nc(-c3ccc(F)cc3)n4C)cc2F)cn1. The first-order valence-corrected chi connectivity index (χ1v) is 9.78. The van der Waals surface area contributed by atoms with Crippen LogP contribution in [0.25, 0.3) is 28.1 Å². The van der Waals surface area contributed by atoms with Gasteiger partial charge in [0, 0.05) is 24.5 Å². The Balaban J connectivity index is 1.51. The number of anilines is 2. The Hall–Kier alpha value is -4.00. The molecular formula is C24H19F2N5. The van der Waals surface area contributed by atoms with Gasteiger partial charge >= 0.3 is 0 Å². The maximum atomic E-state index is 14.7. The van der Waals surface area contributed by atoms with Gasteiger partial charge in [0.2, 0.25) is 0 Å². The average Bonchev–Trinajstić information content (AvgIpc) is 3.33. The molecular weight excluding hydrogens is 396 g/mol. The molecule has 0 bridgehead atoms. The second kappa shape index (κ2) is 7.36. The van der Waals surface area contributed by atoms with Gasteiger partial charge in [0.25, 0.3) is 0 Å². The van der Waals surface area contributed by atoms with Crippen LogP contribution in [0.1, 0.15) is 5.69 Å². The number of aryl methyl sites for hydroxylation is 2. The molecule has 7 heteroatoms. The lowest BCUT2D eigenvalue weighted by molar-refractivity contribution is 0.618. The number of aromatic nitrogens is 4. The largest absolute Gasteiger partial charge is 0.354 e. The van der Waals surface area contributed by atoms with E-state index in [1.54, 1.807) is 35.3 Å². The van der Waals surface area contributed by atoms with E-state index in [-0.39, 0.29) is 11.6 Å². The van der Waals surface area contributed by atoms with Gasteiger partial charge in [-0.25, -0.2) is 18.7 Å². The molecule has 5 aromatic rings. The van der Waals surface area contributed by atoms with Gasteiger partial charge in [0.05, 0.1) is 28.9 Å². The summed E-state index contributed by atoms with van der Waals surface area (Å²) in [6, 6.07) is 17.0. The van der Waals surface area contributed by atoms with Gasteiger partial charge < -0.3 is 14.5 Å². The van der Waals surface area contributed by atoms with E-state index in [4.69, 9.17) is 4.98 Å². The minimum absolute atomic E-state index is 0.291. The quantitative estimate of drug-likeness (QED) is 0.406. The Bertz CT molecular complexity index is 1400. The third-order valence-corrected chi connectivity index (χ3v) is 5.23. The normalized spacial score (nSPS) is 11.2. The zero-order valence-electron chi connectivity index (χ0n) is 17.0. The number of nitrogens with one attached hydrogen (secondary N) is 1. The summed E-state index contributed by atoms with van der Waals surface area (Å²) >= 11 is 0. The highest BCUT2D eigenvalue weighted by molar-refractivity contribution is 5.93. The van der Waals surface area contributed by atoms with E-state index in [1.807, 2.05) is 42.8 Å². The fraction of sp³-hybridized carbons (Fsp3) is 0.0833. The molecule has 2 heterocycles. The predicted octanol–water partition coefficient (Wildman–Crippen LogP) is 5.76. The first kappa shape index (κ1) is 19.0. The zero-order valence-corrected chi connectivity index (χ0v) is 17.0. The van der Waals surface area contributed by atoms with Crippen LogP contribution in [0.4, 0.5) is 20.2 Å². The van der Waals surface area contributed by atoms with Crippen LogP contribution in [0.5, 0.6) is 0 Å². The maximum Gasteiger partial charge on any atom is 0.149 e. The third-order valence-electron chi connectivity index (χ3n) is 5.23. The van der Waals surface area contributed by atoms with Crippen molar-refractivity contribution >= 4 is 22.4 Å². The second-order valence-corrected chi connectivity index (χ2v) is 7.39. The van der Waals surface area contributed by atoms with Crippen LogP contribution in [0.2, 0.25) is 0 Å². The summed E-state index contributed by atoms with van der Waals surface area (Å²) in [6.07, 6.45) is 3.36. The van der Waals surface area contributed by atoms with Crippen LogP contribution in [0.15, 0.2) is 73.2 Å². The van der Waals surface area contributed by atoms with Crippen LogP contribution >= 0.6 is 0 Å². The van der Waals surface area contributed by atoms with Gasteiger partial charge in [-0.1, -0.05) is 6.07 Å². The maximum absolute atomic E-state index is 14.7. The monoisotopic (exact) mass is 415 g/mol. The molecule has 31 heavy (non-hydrogen) atoms. The van der Waals surface area contributed by atoms with Crippen molar-refractivity contribution in [2.45, 2.75) is 6.92 Å². The Kier molecular flexibility index (Phi) is 4.51. The molecule has 5 nitrogen and oxygen atoms in total. The Labute approximate surface area is 177 Å². The average molecular weight is 415 g/mol. The lowest BCUT2D eigenvalue weighted by Gasteiger charge is -2.10. The molecule has 0 aliphatic carbocycles. The van der Waals surface area contributed by atoms with Gasteiger partial charge in [-0.05, 0) is 61.5 Å². The summed E-state index contributed by atoms with van der Waals surface area (Å²) in [6.45, 7) is 1.86. The predicted molar refractivity (Wildman–Crippen MR) is 118 cm³/mol. The molecule has 0 aliphatic rings. The molecule has 0 spiro atoms. The summed E-state index contributed by atoms with van der Waals surface area (Å²) in [5.41, 5.74) is 5.10. The second-order valence-electron chi connectivity index (χ2n) is 7.39. The standard InChI is InChI=1S/C24H19F2N5/c1-15-13-31(14-27-15)21-11-10-18(12-19(21)26)28-20-4-3-5-22-23(20)29-24(30(22)2)16-6-8-17(25)9-7-16/h3-14,28H,1-2H3. The van der Waals surface area contributed by atoms with E-state index in [2.05, 4.69) is 10.3 Å². The van der Waals surface area contributed by atoms with Crippen LogP contribution in [0.3, 0.4) is 0 Å². The number of hydrogen-bond donors (Lipinski definition) is 1. The lowest BCUT2D eigenvalue weighted by Crippen LogP contribution is -1.97. The van der Waals surface area contributed by atoms with Crippen LogP contribution in [-0.2, 0) is 7.05 Å². The number of nitrogens with zero attached hydrogens (tertiary/aromatic N) is 4. The molecule has 0 saturated heterocycles. The summed E-state index contributed by atoms with van der Waals surface area (Å²) in [5.74, 6) is 0.0741. The number of hydrogen-bond acceptors (Lipinski definition) is 3. The smallest absolute Gasteiger partial charge is 0.149 e. The van der Waals surface area contributed by atoms with Crippen molar-refractivity contribution in [3.63, 3.8) is 0 Å². The first-order valence-electron chi connectivity index (χ1n) is 9.78. The van der Waals surface area contributed by atoms with Crippen molar-refractivity contribution in [2.75, 3.05) is 5.32 Å². The van der Waals surface area contributed by atoms with E-state index in [9.17, 15) is 8.78 Å². The number of fused-ring (bicyclic) bond motifs is 1. The molecule has 3 aromatic carbocycles. The summed E-state index contributed by atoms with van der Waals surface area (Å²) < 4.78 is 31.7. The van der Waals surface area contributed by atoms with E-state index < -0.39 is 0 Å². The van der Waals surface area contributed by atoms with Gasteiger partial charge in [0.15, 0.2) is 0 Å². The van der Waals surface area contributed by atoms with E-state index >= 15 is 0 Å². The summed E-state index contributed by atoms with van der Waals surface area (Å²) in [5, 5.41) is 3.27. The van der Waals surface area contributed by atoms with Gasteiger partial charge in [-0.2, -0.15) is 0 Å². The molecule has 0 unspecified atom stereocenters. The summed E-state index contributed by atoms with van der Waals surface area (Å²) in [7, 11) is 1.92. The molecule has 0 amide bonds. The minimum atomic E-state index is -0.359. The molecule has 2 aromatic heterocycles. The molecule has 5 rings (SSSR count). The van der Waals surface area contributed by atoms with Gasteiger partial charge in [-0.3, -0.25) is 0 Å². The van der Waals surface area contributed by atoms with Crippen molar-refractivity contribution in [2.24, 2.45) is 7.05 Å². The molecule has 0 atom stereocenters. The van der Waals surface area contributed by atoms with Crippen molar-refractivity contribution < 1.29 is 8.78 Å². The molecule has 154 valence electrons. The van der Waals surface area contributed by atoms with Gasteiger partial charge in [0.1, 0.15) is 23.0 Å². The van der Waals surface area contributed by atoms with Gasteiger partial charge in [-0.15, -0.1) is 0 Å². The lowest BCUT2D eigenvalue weighted by atomic mass is 10.2. The Morgan fingerprint density at radius 2 is 1.77 bits per heavy atom.